The minimum atomic E-state index is 0.309. The first-order chi connectivity index (χ1) is 7.97. The Hall–Kier alpha value is -1.07. The lowest BCUT2D eigenvalue weighted by Gasteiger charge is -2.31. The van der Waals surface area contributed by atoms with Gasteiger partial charge >= 0.3 is 0 Å². The molecule has 1 unspecified atom stereocenters. The minimum absolute atomic E-state index is 0.309. The van der Waals surface area contributed by atoms with Crippen LogP contribution in [-0.4, -0.2) is 48.1 Å². The fourth-order valence-electron chi connectivity index (χ4n) is 1.89. The lowest BCUT2D eigenvalue weighted by atomic mass is 10.2. The van der Waals surface area contributed by atoms with Gasteiger partial charge in [0.15, 0.2) is 11.0 Å². The van der Waals surface area contributed by atoms with Gasteiger partial charge < -0.3 is 15.5 Å². The largest absolute Gasteiger partial charge is 0.393 e. The van der Waals surface area contributed by atoms with Crippen molar-refractivity contribution in [2.75, 3.05) is 37.8 Å². The number of halogens is 1. The van der Waals surface area contributed by atoms with Crippen molar-refractivity contribution in [3.63, 3.8) is 0 Å². The predicted molar refractivity (Wildman–Crippen MR) is 72.5 cm³/mol. The average molecular weight is 258 g/mol. The summed E-state index contributed by atoms with van der Waals surface area (Å²) in [5.41, 5.74) is 6.36. The van der Waals surface area contributed by atoms with Gasteiger partial charge in [-0.05, 0) is 27.9 Å². The zero-order valence-corrected chi connectivity index (χ0v) is 11.6. The van der Waals surface area contributed by atoms with Crippen LogP contribution in [0.15, 0.2) is 6.33 Å². The van der Waals surface area contributed by atoms with Crippen LogP contribution in [0.1, 0.15) is 13.8 Å². The molecule has 1 aromatic rings. The van der Waals surface area contributed by atoms with Gasteiger partial charge in [0.25, 0.3) is 0 Å². The molecule has 2 N–H and O–H groups in total. The van der Waals surface area contributed by atoms with Gasteiger partial charge in [-0.3, -0.25) is 0 Å². The third-order valence-electron chi connectivity index (χ3n) is 2.59. The molecule has 5 nitrogen and oxygen atoms in total. The summed E-state index contributed by atoms with van der Waals surface area (Å²) in [6.45, 7) is 5.96. The van der Waals surface area contributed by atoms with Crippen molar-refractivity contribution in [3.05, 3.63) is 11.5 Å². The Morgan fingerprint density at radius 3 is 2.59 bits per heavy atom. The molecule has 1 atom stereocenters. The van der Waals surface area contributed by atoms with Crippen molar-refractivity contribution in [2.24, 2.45) is 0 Å². The molecule has 0 fully saturated rings. The van der Waals surface area contributed by atoms with Gasteiger partial charge in [-0.2, -0.15) is 0 Å². The van der Waals surface area contributed by atoms with E-state index in [0.717, 1.165) is 13.1 Å². The molecule has 0 radical (unpaired) electrons. The van der Waals surface area contributed by atoms with Crippen LogP contribution < -0.4 is 10.6 Å². The molecule has 0 bridgehead atoms. The summed E-state index contributed by atoms with van der Waals surface area (Å²) in [5.74, 6) is 0.710. The number of nitrogens with zero attached hydrogens (tertiary/aromatic N) is 4. The Bertz CT molecular complexity index is 369. The van der Waals surface area contributed by atoms with Gasteiger partial charge in [-0.1, -0.05) is 11.6 Å². The average Bonchev–Trinajstić information content (AvgIpc) is 2.24. The monoisotopic (exact) mass is 257 g/mol. The fraction of sp³-hybridized carbons (Fsp3) is 0.636. The van der Waals surface area contributed by atoms with E-state index in [1.165, 1.54) is 6.33 Å². The van der Waals surface area contributed by atoms with E-state index in [2.05, 4.69) is 33.6 Å². The second-order valence-electron chi connectivity index (χ2n) is 4.30. The molecule has 1 rings (SSSR count). The molecule has 0 amide bonds. The molecular weight excluding hydrogens is 238 g/mol. The maximum atomic E-state index is 5.92. The van der Waals surface area contributed by atoms with Crippen LogP contribution in [0.25, 0.3) is 0 Å². The van der Waals surface area contributed by atoms with Gasteiger partial charge in [-0.25, -0.2) is 9.97 Å². The number of anilines is 2. The number of nitrogens with two attached hydrogens (primary N) is 1. The Balaban J connectivity index is 2.97. The van der Waals surface area contributed by atoms with Crippen LogP contribution in [-0.2, 0) is 0 Å². The SMILES string of the molecule is CCN(c1ncnc(Cl)c1N)C(C)CN(C)C. The Morgan fingerprint density at radius 1 is 1.41 bits per heavy atom. The molecule has 96 valence electrons. The van der Waals surface area contributed by atoms with Crippen molar-refractivity contribution in [3.8, 4) is 0 Å². The number of hydrogen-bond acceptors (Lipinski definition) is 5. The van der Waals surface area contributed by atoms with E-state index in [9.17, 15) is 0 Å². The number of aromatic nitrogens is 2. The molecule has 0 aliphatic carbocycles. The minimum Gasteiger partial charge on any atom is -0.393 e. The molecule has 0 spiro atoms. The van der Waals surface area contributed by atoms with Gasteiger partial charge in [0, 0.05) is 19.1 Å². The standard InChI is InChI=1S/C11H20ClN5/c1-5-17(8(2)6-16(3)4)11-9(13)10(12)14-7-15-11/h7-8H,5-6,13H2,1-4H3. The zero-order chi connectivity index (χ0) is 13.0. The summed E-state index contributed by atoms with van der Waals surface area (Å²) in [5, 5.41) is 0.311. The Kier molecular flexibility index (Phi) is 4.96. The fourth-order valence-corrected chi connectivity index (χ4v) is 2.02. The maximum Gasteiger partial charge on any atom is 0.157 e. The maximum absolute atomic E-state index is 5.92. The van der Waals surface area contributed by atoms with Crippen molar-refractivity contribution < 1.29 is 0 Å². The normalized spacial score (nSPS) is 12.8. The topological polar surface area (TPSA) is 58.3 Å². The zero-order valence-electron chi connectivity index (χ0n) is 10.8. The molecule has 6 heteroatoms. The molecule has 0 aliphatic rings. The van der Waals surface area contributed by atoms with Crippen LogP contribution in [0.3, 0.4) is 0 Å². The second-order valence-corrected chi connectivity index (χ2v) is 4.66. The molecule has 0 saturated carbocycles. The highest BCUT2D eigenvalue weighted by Crippen LogP contribution is 2.26. The van der Waals surface area contributed by atoms with Crippen molar-refractivity contribution >= 4 is 23.1 Å². The van der Waals surface area contributed by atoms with E-state index in [-0.39, 0.29) is 0 Å². The summed E-state index contributed by atoms with van der Waals surface area (Å²) >= 11 is 5.91. The third-order valence-corrected chi connectivity index (χ3v) is 2.89. The van der Waals surface area contributed by atoms with E-state index < -0.39 is 0 Å². The molecule has 17 heavy (non-hydrogen) atoms. The lowest BCUT2D eigenvalue weighted by molar-refractivity contribution is 0.372. The second kappa shape index (κ2) is 6.02. The molecule has 0 aliphatic heterocycles. The molecule has 0 aromatic carbocycles. The third kappa shape index (κ3) is 3.44. The summed E-state index contributed by atoms with van der Waals surface area (Å²) in [6, 6.07) is 0.309. The number of likely N-dealkylation sites (N-methyl/N-ethyl adjacent to an activating group) is 2. The van der Waals surface area contributed by atoms with E-state index in [1.54, 1.807) is 0 Å². The van der Waals surface area contributed by atoms with Crippen LogP contribution >= 0.6 is 11.6 Å². The predicted octanol–water partition coefficient (Wildman–Crippen LogP) is 1.49. The smallest absolute Gasteiger partial charge is 0.157 e. The van der Waals surface area contributed by atoms with E-state index in [1.807, 2.05) is 14.1 Å². The highest BCUT2D eigenvalue weighted by molar-refractivity contribution is 6.32. The quantitative estimate of drug-likeness (QED) is 0.810. The molecular formula is C11H20ClN5. The van der Waals surface area contributed by atoms with Gasteiger partial charge in [-0.15, -0.1) is 0 Å². The molecule has 0 saturated heterocycles. The summed E-state index contributed by atoms with van der Waals surface area (Å²) in [7, 11) is 4.08. The van der Waals surface area contributed by atoms with E-state index in [4.69, 9.17) is 17.3 Å². The van der Waals surface area contributed by atoms with Crippen LogP contribution in [0.4, 0.5) is 11.5 Å². The van der Waals surface area contributed by atoms with Gasteiger partial charge in [0.1, 0.15) is 12.0 Å². The van der Waals surface area contributed by atoms with Gasteiger partial charge in [0.05, 0.1) is 0 Å². The first-order valence-corrected chi connectivity index (χ1v) is 6.02. The highest BCUT2D eigenvalue weighted by atomic mass is 35.5. The molecule has 1 heterocycles. The molecule has 1 aromatic heterocycles. The first-order valence-electron chi connectivity index (χ1n) is 5.64. The summed E-state index contributed by atoms with van der Waals surface area (Å²) in [6.07, 6.45) is 1.44. The lowest BCUT2D eigenvalue weighted by Crippen LogP contribution is -2.41. The first kappa shape index (κ1) is 14.0. The van der Waals surface area contributed by atoms with Crippen LogP contribution in [0.5, 0.6) is 0 Å². The highest BCUT2D eigenvalue weighted by Gasteiger charge is 2.18. The van der Waals surface area contributed by atoms with E-state index in [0.29, 0.717) is 22.7 Å². The Labute approximate surface area is 108 Å². The van der Waals surface area contributed by atoms with Crippen molar-refractivity contribution in [1.82, 2.24) is 14.9 Å². The number of rotatable bonds is 5. The summed E-state index contributed by atoms with van der Waals surface area (Å²) in [4.78, 5) is 12.4. The number of nitrogen functional groups attached to an aromatic ring is 1. The van der Waals surface area contributed by atoms with Crippen molar-refractivity contribution in [1.29, 1.82) is 0 Å². The number of hydrogen-bond donors (Lipinski definition) is 1. The summed E-state index contributed by atoms with van der Waals surface area (Å²) < 4.78 is 0. The van der Waals surface area contributed by atoms with Gasteiger partial charge in [0.2, 0.25) is 0 Å². The Morgan fingerprint density at radius 2 is 2.06 bits per heavy atom. The van der Waals surface area contributed by atoms with Crippen LogP contribution in [0.2, 0.25) is 5.15 Å². The van der Waals surface area contributed by atoms with Crippen molar-refractivity contribution in [2.45, 2.75) is 19.9 Å². The van der Waals surface area contributed by atoms with Crippen LogP contribution in [0, 0.1) is 0 Å². The van der Waals surface area contributed by atoms with E-state index >= 15 is 0 Å².